The van der Waals surface area contributed by atoms with E-state index in [1.807, 2.05) is 0 Å². The lowest BCUT2D eigenvalue weighted by Crippen LogP contribution is -2.20. The second-order valence-corrected chi connectivity index (χ2v) is 5.34. The number of aryl methyl sites for hydroxylation is 1. The molecule has 0 atom stereocenters. The van der Waals surface area contributed by atoms with Crippen molar-refractivity contribution in [2.45, 2.75) is 18.4 Å². The van der Waals surface area contributed by atoms with Crippen molar-refractivity contribution in [3.05, 3.63) is 29.1 Å². The number of nitrogens with one attached hydrogen (secondary N) is 2. The average molecular weight is 246 g/mol. The van der Waals surface area contributed by atoms with Crippen LogP contribution >= 0.6 is 0 Å². The molecule has 0 radical (unpaired) electrons. The summed E-state index contributed by atoms with van der Waals surface area (Å²) in [5.41, 5.74) is 0.665. The lowest BCUT2D eigenvalue weighted by molar-refractivity contribution is 0.579. The van der Waals surface area contributed by atoms with E-state index < -0.39 is 10.0 Å². The van der Waals surface area contributed by atoms with Gasteiger partial charge in [0.15, 0.2) is 0 Å². The summed E-state index contributed by atoms with van der Waals surface area (Å²) in [6.45, 7) is 1.84. The number of benzene rings is 1. The van der Waals surface area contributed by atoms with Crippen LogP contribution in [0.2, 0.25) is 0 Å². The van der Waals surface area contributed by atoms with Crippen molar-refractivity contribution in [2.24, 2.45) is 0 Å². The van der Waals surface area contributed by atoms with Crippen molar-refractivity contribution < 1.29 is 12.8 Å². The van der Waals surface area contributed by atoms with Crippen LogP contribution in [0, 0.1) is 12.7 Å². The van der Waals surface area contributed by atoms with Gasteiger partial charge in [0.05, 0.1) is 4.90 Å². The summed E-state index contributed by atoms with van der Waals surface area (Å²) in [7, 11) is -0.523. The summed E-state index contributed by atoms with van der Waals surface area (Å²) >= 11 is 0. The zero-order chi connectivity index (χ0) is 12.3. The molecule has 0 fully saturated rings. The second kappa shape index (κ2) is 4.90. The maximum Gasteiger partial charge on any atom is 0.240 e. The van der Waals surface area contributed by atoms with Gasteiger partial charge in [-0.05, 0) is 38.7 Å². The standard InChI is InChI=1S/C10H15FN2O2S/c1-7-4-9(16(14,15)13-3)5-8(6-12-2)10(7)11/h4-5,12-13H,6H2,1-3H3. The fraction of sp³-hybridized carbons (Fsp3) is 0.400. The van der Waals surface area contributed by atoms with E-state index in [0.717, 1.165) is 0 Å². The van der Waals surface area contributed by atoms with Gasteiger partial charge in [-0.2, -0.15) is 0 Å². The van der Waals surface area contributed by atoms with E-state index in [2.05, 4.69) is 10.0 Å². The van der Waals surface area contributed by atoms with Gasteiger partial charge in [0.1, 0.15) is 5.82 Å². The molecule has 0 aliphatic rings. The van der Waals surface area contributed by atoms with Crippen molar-refractivity contribution in [1.29, 1.82) is 0 Å². The molecule has 0 aliphatic carbocycles. The van der Waals surface area contributed by atoms with E-state index in [1.54, 1.807) is 14.0 Å². The van der Waals surface area contributed by atoms with Gasteiger partial charge in [-0.3, -0.25) is 0 Å². The average Bonchev–Trinajstić information content (AvgIpc) is 2.24. The first-order valence-corrected chi connectivity index (χ1v) is 6.28. The Morgan fingerprint density at radius 3 is 2.44 bits per heavy atom. The molecule has 0 aromatic heterocycles. The van der Waals surface area contributed by atoms with Gasteiger partial charge in [0.2, 0.25) is 10.0 Å². The smallest absolute Gasteiger partial charge is 0.240 e. The first-order chi connectivity index (χ1) is 7.42. The maximum atomic E-state index is 13.6. The fourth-order valence-corrected chi connectivity index (χ4v) is 2.26. The van der Waals surface area contributed by atoms with Crippen LogP contribution in [0.1, 0.15) is 11.1 Å². The molecule has 0 unspecified atom stereocenters. The Hall–Kier alpha value is -0.980. The Kier molecular flexibility index (Phi) is 4.01. The third-order valence-electron chi connectivity index (χ3n) is 2.25. The summed E-state index contributed by atoms with van der Waals surface area (Å²) in [6, 6.07) is 2.66. The van der Waals surface area contributed by atoms with Gasteiger partial charge >= 0.3 is 0 Å². The number of rotatable bonds is 4. The van der Waals surface area contributed by atoms with E-state index in [-0.39, 0.29) is 10.7 Å². The molecule has 4 nitrogen and oxygen atoms in total. The predicted octanol–water partition coefficient (Wildman–Crippen LogP) is 0.762. The van der Waals surface area contributed by atoms with Crippen LogP contribution < -0.4 is 10.0 Å². The molecule has 0 saturated heterocycles. The summed E-state index contributed by atoms with van der Waals surface area (Å²) < 4.78 is 38.9. The van der Waals surface area contributed by atoms with Gasteiger partial charge in [0, 0.05) is 12.1 Å². The van der Waals surface area contributed by atoms with Crippen molar-refractivity contribution >= 4 is 10.0 Å². The topological polar surface area (TPSA) is 58.2 Å². The van der Waals surface area contributed by atoms with Gasteiger partial charge in [0.25, 0.3) is 0 Å². The molecule has 1 aromatic carbocycles. The second-order valence-electron chi connectivity index (χ2n) is 3.45. The number of halogens is 1. The highest BCUT2D eigenvalue weighted by atomic mass is 32.2. The Bertz CT molecular complexity index is 486. The minimum Gasteiger partial charge on any atom is -0.316 e. The summed E-state index contributed by atoms with van der Waals surface area (Å²) in [4.78, 5) is 0.0825. The molecule has 0 spiro atoms. The first kappa shape index (κ1) is 13.1. The van der Waals surface area contributed by atoms with Crippen LogP contribution in [-0.4, -0.2) is 22.5 Å². The van der Waals surface area contributed by atoms with Crippen molar-refractivity contribution in [3.8, 4) is 0 Å². The van der Waals surface area contributed by atoms with Crippen molar-refractivity contribution in [3.63, 3.8) is 0 Å². The zero-order valence-electron chi connectivity index (χ0n) is 9.46. The quantitative estimate of drug-likeness (QED) is 0.824. The molecule has 2 N–H and O–H groups in total. The summed E-state index contributed by atoms with van der Waals surface area (Å²) in [6.07, 6.45) is 0. The lowest BCUT2D eigenvalue weighted by Gasteiger charge is -2.09. The van der Waals surface area contributed by atoms with Crippen LogP contribution in [0.3, 0.4) is 0 Å². The van der Waals surface area contributed by atoms with Crippen LogP contribution in [0.4, 0.5) is 4.39 Å². The van der Waals surface area contributed by atoms with Crippen molar-refractivity contribution in [2.75, 3.05) is 14.1 Å². The lowest BCUT2D eigenvalue weighted by atomic mass is 10.1. The third kappa shape index (κ3) is 2.58. The van der Waals surface area contributed by atoms with E-state index >= 15 is 0 Å². The Morgan fingerprint density at radius 2 is 1.94 bits per heavy atom. The highest BCUT2D eigenvalue weighted by Crippen LogP contribution is 2.18. The Morgan fingerprint density at radius 1 is 1.31 bits per heavy atom. The van der Waals surface area contributed by atoms with E-state index in [0.29, 0.717) is 17.7 Å². The molecule has 0 heterocycles. The summed E-state index contributed by atoms with van der Waals surface area (Å²) in [5, 5.41) is 2.79. The molecule has 6 heteroatoms. The van der Waals surface area contributed by atoms with Crippen molar-refractivity contribution in [1.82, 2.24) is 10.0 Å². The van der Waals surface area contributed by atoms with Gasteiger partial charge in [-0.1, -0.05) is 0 Å². The van der Waals surface area contributed by atoms with Crippen LogP contribution in [-0.2, 0) is 16.6 Å². The van der Waals surface area contributed by atoms with Gasteiger partial charge in [-0.25, -0.2) is 17.5 Å². The Balaban J connectivity index is 3.35. The number of hydrogen-bond donors (Lipinski definition) is 2. The molecular weight excluding hydrogens is 231 g/mol. The minimum absolute atomic E-state index is 0.0825. The molecule has 0 saturated carbocycles. The first-order valence-electron chi connectivity index (χ1n) is 4.79. The molecule has 0 bridgehead atoms. The Labute approximate surface area is 94.9 Å². The van der Waals surface area contributed by atoms with Crippen LogP contribution in [0.25, 0.3) is 0 Å². The molecule has 90 valence electrons. The highest BCUT2D eigenvalue weighted by molar-refractivity contribution is 7.89. The number of sulfonamides is 1. The molecule has 0 amide bonds. The summed E-state index contributed by atoms with van der Waals surface area (Å²) in [5.74, 6) is -0.371. The van der Waals surface area contributed by atoms with Crippen LogP contribution in [0.15, 0.2) is 17.0 Å². The SMILES string of the molecule is CNCc1cc(S(=O)(=O)NC)cc(C)c1F. The maximum absolute atomic E-state index is 13.6. The minimum atomic E-state index is -3.52. The van der Waals surface area contributed by atoms with Gasteiger partial charge < -0.3 is 5.32 Å². The molecule has 0 aliphatic heterocycles. The highest BCUT2D eigenvalue weighted by Gasteiger charge is 2.16. The predicted molar refractivity (Wildman–Crippen MR) is 60.1 cm³/mol. The van der Waals surface area contributed by atoms with E-state index in [9.17, 15) is 12.8 Å². The third-order valence-corrected chi connectivity index (χ3v) is 3.64. The van der Waals surface area contributed by atoms with Crippen LogP contribution in [0.5, 0.6) is 0 Å². The van der Waals surface area contributed by atoms with E-state index in [4.69, 9.17) is 0 Å². The fourth-order valence-electron chi connectivity index (χ4n) is 1.40. The van der Waals surface area contributed by atoms with Gasteiger partial charge in [-0.15, -0.1) is 0 Å². The molecule has 1 rings (SSSR count). The normalized spacial score (nSPS) is 11.8. The zero-order valence-corrected chi connectivity index (χ0v) is 10.3. The molecule has 16 heavy (non-hydrogen) atoms. The molecular formula is C10H15FN2O2S. The number of hydrogen-bond acceptors (Lipinski definition) is 3. The van der Waals surface area contributed by atoms with E-state index in [1.165, 1.54) is 19.2 Å². The molecule has 1 aromatic rings. The largest absolute Gasteiger partial charge is 0.316 e. The monoisotopic (exact) mass is 246 g/mol.